The Bertz CT molecular complexity index is 230. The van der Waals surface area contributed by atoms with Gasteiger partial charge in [0.15, 0.2) is 0 Å². The van der Waals surface area contributed by atoms with Crippen LogP contribution < -0.4 is 5.32 Å². The van der Waals surface area contributed by atoms with Gasteiger partial charge in [-0.3, -0.25) is 0 Å². The van der Waals surface area contributed by atoms with Crippen LogP contribution in [0.1, 0.15) is 6.42 Å². The summed E-state index contributed by atoms with van der Waals surface area (Å²) in [6.45, 7) is 0.442. The Morgan fingerprint density at radius 3 is 2.31 bits per heavy atom. The summed E-state index contributed by atoms with van der Waals surface area (Å²) in [4.78, 5) is 0. The Labute approximate surface area is 76.1 Å². The third-order valence-electron chi connectivity index (χ3n) is 1.06. The van der Waals surface area contributed by atoms with Gasteiger partial charge in [-0.25, -0.2) is 0 Å². The molecule has 0 aliphatic heterocycles. The van der Waals surface area contributed by atoms with Crippen molar-refractivity contribution in [3.63, 3.8) is 0 Å². The topological polar surface area (TPSA) is 116 Å². The fraction of sp³-hybridized carbons (Fsp3) is 1.00. The van der Waals surface area contributed by atoms with E-state index in [4.69, 9.17) is 15.3 Å². The predicted octanol–water partition coefficient (Wildman–Crippen LogP) is -2.47. The van der Waals surface area contributed by atoms with Crippen molar-refractivity contribution in [2.75, 3.05) is 19.3 Å². The van der Waals surface area contributed by atoms with Crippen LogP contribution in [0.15, 0.2) is 0 Å². The largest absolute Gasteiger partial charge is 0.419 e. The average Bonchev–Trinajstić information content (AvgIpc) is 1.81. The molecule has 0 saturated carbocycles. The molecule has 0 amide bonds. The van der Waals surface area contributed by atoms with E-state index in [1.54, 1.807) is 7.05 Å². The molecule has 0 heterocycles. The first-order valence-electron chi connectivity index (χ1n) is 3.52. The first kappa shape index (κ1) is 12.8. The summed E-state index contributed by atoms with van der Waals surface area (Å²) in [6, 6.07) is 0. The SMILES string of the molecule is CNCCCS(=O)(=O)OC(O)(O)O. The molecule has 0 spiro atoms. The number of nitrogens with one attached hydrogen (secondary N) is 1. The quantitative estimate of drug-likeness (QED) is 0.220. The molecule has 0 atom stereocenters. The van der Waals surface area contributed by atoms with E-state index in [1.165, 1.54) is 0 Å². The van der Waals surface area contributed by atoms with Crippen LogP contribution in [0.25, 0.3) is 0 Å². The molecular weight excluding hydrogens is 202 g/mol. The van der Waals surface area contributed by atoms with E-state index in [0.29, 0.717) is 6.54 Å². The minimum atomic E-state index is -4.10. The van der Waals surface area contributed by atoms with Crippen LogP contribution in [0.5, 0.6) is 0 Å². The number of rotatable bonds is 6. The van der Waals surface area contributed by atoms with Gasteiger partial charge in [0.25, 0.3) is 10.1 Å². The van der Waals surface area contributed by atoms with Crippen molar-refractivity contribution in [1.29, 1.82) is 0 Å². The molecule has 7 nitrogen and oxygen atoms in total. The molecule has 0 saturated heterocycles. The highest BCUT2D eigenvalue weighted by Gasteiger charge is 2.28. The molecule has 13 heavy (non-hydrogen) atoms. The second-order valence-electron chi connectivity index (χ2n) is 2.38. The van der Waals surface area contributed by atoms with E-state index in [9.17, 15) is 8.42 Å². The Kier molecular flexibility index (Phi) is 4.75. The van der Waals surface area contributed by atoms with Gasteiger partial charge in [-0.05, 0) is 20.0 Å². The van der Waals surface area contributed by atoms with E-state index in [-0.39, 0.29) is 6.42 Å². The summed E-state index contributed by atoms with van der Waals surface area (Å²) in [5, 5.41) is 27.3. The Morgan fingerprint density at radius 2 is 1.92 bits per heavy atom. The molecule has 4 N–H and O–H groups in total. The van der Waals surface area contributed by atoms with Crippen molar-refractivity contribution >= 4 is 10.1 Å². The van der Waals surface area contributed by atoms with Gasteiger partial charge >= 0.3 is 6.16 Å². The minimum Gasteiger partial charge on any atom is -0.320 e. The Hall–Kier alpha value is -0.250. The van der Waals surface area contributed by atoms with Crippen molar-refractivity contribution < 1.29 is 27.9 Å². The van der Waals surface area contributed by atoms with Crippen molar-refractivity contribution in [3.8, 4) is 0 Å². The molecule has 0 radical (unpaired) electrons. The monoisotopic (exact) mass is 215 g/mol. The molecule has 80 valence electrons. The molecule has 8 heteroatoms. The lowest BCUT2D eigenvalue weighted by atomic mass is 10.5. The first-order valence-corrected chi connectivity index (χ1v) is 5.09. The van der Waals surface area contributed by atoms with Gasteiger partial charge in [0.2, 0.25) is 0 Å². The average molecular weight is 215 g/mol. The van der Waals surface area contributed by atoms with Gasteiger partial charge in [0.1, 0.15) is 0 Å². The summed E-state index contributed by atoms with van der Waals surface area (Å²) >= 11 is 0. The second-order valence-corrected chi connectivity index (χ2v) is 4.07. The van der Waals surface area contributed by atoms with Crippen LogP contribution >= 0.6 is 0 Å². The van der Waals surface area contributed by atoms with E-state index in [1.807, 2.05) is 0 Å². The zero-order valence-electron chi connectivity index (χ0n) is 7.10. The second kappa shape index (κ2) is 4.84. The van der Waals surface area contributed by atoms with E-state index in [0.717, 1.165) is 0 Å². The third kappa shape index (κ3) is 8.09. The highest BCUT2D eigenvalue weighted by Crippen LogP contribution is 2.04. The van der Waals surface area contributed by atoms with Crippen molar-refractivity contribution in [1.82, 2.24) is 5.32 Å². The van der Waals surface area contributed by atoms with Gasteiger partial charge < -0.3 is 20.6 Å². The molecule has 0 aliphatic rings. The zero-order chi connectivity index (χ0) is 10.5. The Morgan fingerprint density at radius 1 is 1.38 bits per heavy atom. The van der Waals surface area contributed by atoms with Crippen molar-refractivity contribution in [2.45, 2.75) is 12.6 Å². The number of hydrogen-bond donors (Lipinski definition) is 4. The van der Waals surface area contributed by atoms with Gasteiger partial charge in [0.05, 0.1) is 5.75 Å². The highest BCUT2D eigenvalue weighted by atomic mass is 32.2. The fourth-order valence-corrected chi connectivity index (χ4v) is 1.56. The van der Waals surface area contributed by atoms with Crippen molar-refractivity contribution in [3.05, 3.63) is 0 Å². The molecule has 0 aromatic rings. The lowest BCUT2D eigenvalue weighted by Gasteiger charge is -2.13. The van der Waals surface area contributed by atoms with Gasteiger partial charge in [-0.1, -0.05) is 0 Å². The lowest BCUT2D eigenvalue weighted by Crippen LogP contribution is -2.35. The minimum absolute atomic E-state index is 0.245. The Balaban J connectivity index is 3.96. The maximum absolute atomic E-state index is 10.8. The molecule has 0 aromatic carbocycles. The molecule has 0 rings (SSSR count). The number of hydrogen-bond acceptors (Lipinski definition) is 7. The zero-order valence-corrected chi connectivity index (χ0v) is 7.91. The van der Waals surface area contributed by atoms with Gasteiger partial charge in [-0.15, -0.1) is 0 Å². The van der Waals surface area contributed by atoms with Crippen LogP contribution in [-0.2, 0) is 14.3 Å². The van der Waals surface area contributed by atoms with Crippen LogP contribution in [0.3, 0.4) is 0 Å². The van der Waals surface area contributed by atoms with Crippen LogP contribution in [0.2, 0.25) is 0 Å². The van der Waals surface area contributed by atoms with Crippen LogP contribution in [0, 0.1) is 0 Å². The predicted molar refractivity (Wildman–Crippen MR) is 42.8 cm³/mol. The fourth-order valence-electron chi connectivity index (χ4n) is 0.638. The smallest absolute Gasteiger partial charge is 0.320 e. The first-order chi connectivity index (χ1) is 5.77. The maximum Gasteiger partial charge on any atom is 0.419 e. The summed E-state index contributed by atoms with van der Waals surface area (Å²) in [6.07, 6.45) is -3.38. The highest BCUT2D eigenvalue weighted by molar-refractivity contribution is 7.86. The standard InChI is InChI=1S/C5H13NO6S/c1-6-3-2-4-13(10,11)12-5(7,8)9/h6-9H,2-4H2,1H3. The third-order valence-corrected chi connectivity index (χ3v) is 2.33. The summed E-state index contributed by atoms with van der Waals surface area (Å²) in [7, 11) is -2.46. The molecule has 0 aromatic heterocycles. The van der Waals surface area contributed by atoms with E-state index < -0.39 is 22.0 Å². The van der Waals surface area contributed by atoms with Crippen LogP contribution in [0.4, 0.5) is 0 Å². The maximum atomic E-state index is 10.8. The van der Waals surface area contributed by atoms with Crippen molar-refractivity contribution in [2.24, 2.45) is 0 Å². The number of aliphatic hydroxyl groups is 3. The molecule has 0 unspecified atom stereocenters. The normalized spacial score (nSPS) is 13.2. The summed E-state index contributed by atoms with van der Waals surface area (Å²) in [5.74, 6) is -0.405. The summed E-state index contributed by atoms with van der Waals surface area (Å²) in [5.41, 5.74) is 0. The van der Waals surface area contributed by atoms with Gasteiger partial charge in [-0.2, -0.15) is 12.6 Å². The van der Waals surface area contributed by atoms with Crippen LogP contribution in [-0.4, -0.2) is 49.2 Å². The molecule has 0 bridgehead atoms. The van der Waals surface area contributed by atoms with E-state index in [2.05, 4.69) is 9.50 Å². The summed E-state index contributed by atoms with van der Waals surface area (Å²) < 4.78 is 25.2. The van der Waals surface area contributed by atoms with Gasteiger partial charge in [0, 0.05) is 0 Å². The molecular formula is C5H13NO6S. The lowest BCUT2D eigenvalue weighted by molar-refractivity contribution is -0.418. The molecule has 0 aliphatic carbocycles. The van der Waals surface area contributed by atoms with E-state index >= 15 is 0 Å². The molecule has 0 fully saturated rings.